The average Bonchev–Trinajstić information content (AvgIpc) is 2.88. The normalized spacial score (nSPS) is 20.3. The molecule has 3 rings (SSSR count). The fraction of sp³-hybridized carbons (Fsp3) is 0.647. The summed E-state index contributed by atoms with van der Waals surface area (Å²) in [5.41, 5.74) is 1.57. The van der Waals surface area contributed by atoms with Crippen LogP contribution in [0.4, 0.5) is 0 Å². The van der Waals surface area contributed by atoms with Gasteiger partial charge in [0.2, 0.25) is 0 Å². The van der Waals surface area contributed by atoms with E-state index in [0.29, 0.717) is 12.4 Å². The predicted octanol–water partition coefficient (Wildman–Crippen LogP) is 3.13. The summed E-state index contributed by atoms with van der Waals surface area (Å²) >= 11 is 0. The molecule has 1 saturated carbocycles. The van der Waals surface area contributed by atoms with Gasteiger partial charge in [0.05, 0.1) is 18.7 Å². The van der Waals surface area contributed by atoms with Crippen molar-refractivity contribution in [2.24, 2.45) is 5.41 Å². The molecule has 0 bridgehead atoms. The molecule has 4 heteroatoms. The van der Waals surface area contributed by atoms with E-state index in [9.17, 15) is 9.59 Å². The van der Waals surface area contributed by atoms with Crippen molar-refractivity contribution >= 4 is 11.8 Å². The summed E-state index contributed by atoms with van der Waals surface area (Å²) < 4.78 is 7.01. The highest BCUT2D eigenvalue weighted by atomic mass is 16.5. The number of esters is 1. The largest absolute Gasteiger partial charge is 0.466 e. The van der Waals surface area contributed by atoms with Gasteiger partial charge in [0.15, 0.2) is 5.78 Å². The summed E-state index contributed by atoms with van der Waals surface area (Å²) in [6.45, 7) is 3.09. The van der Waals surface area contributed by atoms with Gasteiger partial charge in [-0.15, -0.1) is 0 Å². The first-order valence-corrected chi connectivity index (χ1v) is 8.04. The zero-order valence-corrected chi connectivity index (χ0v) is 12.7. The Balaban J connectivity index is 1.80. The average molecular weight is 289 g/mol. The molecule has 1 aliphatic heterocycles. The van der Waals surface area contributed by atoms with Crippen LogP contribution in [0.5, 0.6) is 0 Å². The number of ether oxygens (including phenoxy) is 1. The highest BCUT2D eigenvalue weighted by Crippen LogP contribution is 2.45. The van der Waals surface area contributed by atoms with E-state index in [1.807, 2.05) is 16.8 Å². The Hall–Kier alpha value is -1.58. The first kappa shape index (κ1) is 14.4. The molecule has 2 heterocycles. The van der Waals surface area contributed by atoms with Crippen LogP contribution in [-0.4, -0.2) is 22.9 Å². The maximum atomic E-state index is 12.9. The van der Waals surface area contributed by atoms with Crippen molar-refractivity contribution < 1.29 is 14.3 Å². The Labute approximate surface area is 125 Å². The molecule has 1 aliphatic carbocycles. The summed E-state index contributed by atoms with van der Waals surface area (Å²) in [7, 11) is 0. The summed E-state index contributed by atoms with van der Waals surface area (Å²) in [6.07, 6.45) is 8.81. The molecule has 0 radical (unpaired) electrons. The minimum Gasteiger partial charge on any atom is -0.466 e. The minimum atomic E-state index is -0.222. The second kappa shape index (κ2) is 5.66. The number of rotatable bonds is 3. The number of hydrogen-bond donors (Lipinski definition) is 0. The highest BCUT2D eigenvalue weighted by Gasteiger charge is 2.43. The van der Waals surface area contributed by atoms with Gasteiger partial charge >= 0.3 is 5.97 Å². The van der Waals surface area contributed by atoms with Crippen LogP contribution in [-0.2, 0) is 22.5 Å². The van der Waals surface area contributed by atoms with Crippen molar-refractivity contribution in [2.75, 3.05) is 6.61 Å². The summed E-state index contributed by atoms with van der Waals surface area (Å²) in [5, 5.41) is 0. The number of Topliss-reactive ketones (excluding diaryl/α,β-unsaturated/α-hetero) is 1. The first-order chi connectivity index (χ1) is 10.1. The number of ketones is 1. The molecule has 1 aromatic heterocycles. The molecule has 2 aliphatic rings. The fourth-order valence-electron chi connectivity index (χ4n) is 3.85. The van der Waals surface area contributed by atoms with E-state index in [1.165, 1.54) is 19.3 Å². The molecule has 4 nitrogen and oxygen atoms in total. The number of aryl methyl sites for hydroxylation is 1. The number of carbonyl (C=O) groups is 2. The summed E-state index contributed by atoms with van der Waals surface area (Å²) in [4.78, 5) is 24.5. The van der Waals surface area contributed by atoms with E-state index in [0.717, 1.165) is 37.1 Å². The van der Waals surface area contributed by atoms with Gasteiger partial charge in [0.25, 0.3) is 0 Å². The van der Waals surface area contributed by atoms with Gasteiger partial charge in [-0.05, 0) is 37.8 Å². The van der Waals surface area contributed by atoms with Gasteiger partial charge in [-0.2, -0.15) is 0 Å². The molecule has 1 fully saturated rings. The molecule has 0 aromatic carbocycles. The molecule has 0 saturated heterocycles. The Morgan fingerprint density at radius 3 is 2.76 bits per heavy atom. The van der Waals surface area contributed by atoms with Crippen molar-refractivity contribution in [3.05, 3.63) is 23.5 Å². The van der Waals surface area contributed by atoms with Crippen LogP contribution in [0, 0.1) is 5.41 Å². The van der Waals surface area contributed by atoms with Gasteiger partial charge < -0.3 is 9.30 Å². The van der Waals surface area contributed by atoms with Gasteiger partial charge in [-0.1, -0.05) is 19.3 Å². The van der Waals surface area contributed by atoms with Crippen molar-refractivity contribution in [1.82, 2.24) is 4.57 Å². The topological polar surface area (TPSA) is 48.3 Å². The van der Waals surface area contributed by atoms with Crippen LogP contribution in [0.3, 0.4) is 0 Å². The molecule has 0 N–H and O–H groups in total. The zero-order chi connectivity index (χ0) is 14.9. The smallest absolute Gasteiger partial charge is 0.310 e. The third-order valence-electron chi connectivity index (χ3n) is 4.96. The third-order valence-corrected chi connectivity index (χ3v) is 4.96. The lowest BCUT2D eigenvalue weighted by molar-refractivity contribution is -0.142. The molecule has 1 aromatic rings. The second-order valence-corrected chi connectivity index (χ2v) is 6.33. The summed E-state index contributed by atoms with van der Waals surface area (Å²) in [6, 6.07) is 1.90. The monoisotopic (exact) mass is 289 g/mol. The van der Waals surface area contributed by atoms with Crippen molar-refractivity contribution in [2.45, 2.75) is 58.4 Å². The number of hydrogen-bond acceptors (Lipinski definition) is 3. The van der Waals surface area contributed by atoms with Gasteiger partial charge in [0, 0.05) is 18.2 Å². The fourth-order valence-corrected chi connectivity index (χ4v) is 3.85. The number of aromatic nitrogens is 1. The van der Waals surface area contributed by atoms with Gasteiger partial charge in [-0.3, -0.25) is 9.59 Å². The highest BCUT2D eigenvalue weighted by molar-refractivity contribution is 6.00. The van der Waals surface area contributed by atoms with Crippen LogP contribution in [0.2, 0.25) is 0 Å². The molecule has 0 unspecified atom stereocenters. The maximum Gasteiger partial charge on any atom is 0.310 e. The van der Waals surface area contributed by atoms with Crippen molar-refractivity contribution in [1.29, 1.82) is 0 Å². The second-order valence-electron chi connectivity index (χ2n) is 6.33. The first-order valence-electron chi connectivity index (χ1n) is 8.04. The zero-order valence-electron chi connectivity index (χ0n) is 12.7. The quantitative estimate of drug-likeness (QED) is 0.803. The lowest BCUT2D eigenvalue weighted by Crippen LogP contribution is -2.39. The van der Waals surface area contributed by atoms with E-state index in [1.54, 1.807) is 6.92 Å². The number of carbonyl (C=O) groups excluding carboxylic acids is 2. The van der Waals surface area contributed by atoms with Gasteiger partial charge in [0.1, 0.15) is 0 Å². The standard InChI is InChI=1S/C17H23NO3/c1-2-21-15(19)11-13-10-14-16(20)17(6-4-3-5-7-17)8-9-18(14)12-13/h10,12H,2-9,11H2,1H3. The van der Waals surface area contributed by atoms with Crippen LogP contribution in [0.1, 0.15) is 61.5 Å². The number of nitrogens with zero attached hydrogens (tertiary/aromatic N) is 1. The van der Waals surface area contributed by atoms with Crippen LogP contribution >= 0.6 is 0 Å². The Morgan fingerprint density at radius 1 is 1.29 bits per heavy atom. The Morgan fingerprint density at radius 2 is 2.05 bits per heavy atom. The molecule has 1 spiro atoms. The molecular formula is C17H23NO3. The third kappa shape index (κ3) is 2.63. The molecule has 114 valence electrons. The van der Waals surface area contributed by atoms with Gasteiger partial charge in [-0.25, -0.2) is 0 Å². The van der Waals surface area contributed by atoms with Crippen molar-refractivity contribution in [3.63, 3.8) is 0 Å². The minimum absolute atomic E-state index is 0.117. The van der Waals surface area contributed by atoms with E-state index in [-0.39, 0.29) is 17.8 Å². The lowest BCUT2D eigenvalue weighted by Gasteiger charge is -2.39. The van der Waals surface area contributed by atoms with E-state index >= 15 is 0 Å². The molecule has 0 amide bonds. The summed E-state index contributed by atoms with van der Waals surface area (Å²) in [5.74, 6) is 0.0730. The lowest BCUT2D eigenvalue weighted by atomic mass is 9.67. The van der Waals surface area contributed by atoms with Crippen LogP contribution < -0.4 is 0 Å². The number of fused-ring (bicyclic) bond motifs is 1. The van der Waals surface area contributed by atoms with E-state index in [2.05, 4.69) is 0 Å². The molecule has 21 heavy (non-hydrogen) atoms. The van der Waals surface area contributed by atoms with Crippen molar-refractivity contribution in [3.8, 4) is 0 Å². The Bertz CT molecular complexity index is 552. The van der Waals surface area contributed by atoms with Crippen LogP contribution in [0.15, 0.2) is 12.3 Å². The van der Waals surface area contributed by atoms with E-state index in [4.69, 9.17) is 4.74 Å². The molecule has 0 atom stereocenters. The SMILES string of the molecule is CCOC(=O)Cc1cc2n(c1)CCC1(CCCCC1)C2=O. The predicted molar refractivity (Wildman–Crippen MR) is 79.2 cm³/mol. The Kier molecular flexibility index (Phi) is 3.87. The maximum absolute atomic E-state index is 12.9. The van der Waals surface area contributed by atoms with E-state index < -0.39 is 0 Å². The van der Waals surface area contributed by atoms with Crippen LogP contribution in [0.25, 0.3) is 0 Å². The molecular weight excluding hydrogens is 266 g/mol.